The van der Waals surface area contributed by atoms with Gasteiger partial charge in [-0.2, -0.15) is 0 Å². The summed E-state index contributed by atoms with van der Waals surface area (Å²) in [7, 11) is 0. The second kappa shape index (κ2) is 7.05. The number of hydrogen-bond acceptors (Lipinski definition) is 3. The number of rotatable bonds is 5. The summed E-state index contributed by atoms with van der Waals surface area (Å²) in [6, 6.07) is 7.91. The predicted octanol–water partition coefficient (Wildman–Crippen LogP) is 4.54. The number of halogens is 1. The lowest BCUT2D eigenvalue weighted by Gasteiger charge is -2.13. The fraction of sp³-hybridized carbons (Fsp3) is 0.278. The Labute approximate surface area is 143 Å². The number of nitrogens with one attached hydrogen (secondary N) is 2. The zero-order chi connectivity index (χ0) is 17.1. The SMILES string of the molecule is Cc1c(C(C)NC(=O)NCCc2cccs2)oc2ccc(F)cc12. The monoisotopic (exact) mass is 346 g/mol. The van der Waals surface area contributed by atoms with Gasteiger partial charge in [0.2, 0.25) is 0 Å². The zero-order valence-electron chi connectivity index (χ0n) is 13.6. The Balaban J connectivity index is 1.60. The Morgan fingerprint density at radius 1 is 1.38 bits per heavy atom. The van der Waals surface area contributed by atoms with Gasteiger partial charge < -0.3 is 15.1 Å². The number of benzene rings is 1. The molecule has 4 nitrogen and oxygen atoms in total. The van der Waals surface area contributed by atoms with Gasteiger partial charge in [-0.1, -0.05) is 6.07 Å². The molecular weight excluding hydrogens is 327 g/mol. The van der Waals surface area contributed by atoms with Gasteiger partial charge in [-0.15, -0.1) is 11.3 Å². The van der Waals surface area contributed by atoms with E-state index < -0.39 is 0 Å². The molecule has 0 bridgehead atoms. The molecule has 1 unspecified atom stereocenters. The van der Waals surface area contributed by atoms with Crippen LogP contribution in [0.1, 0.15) is 29.2 Å². The summed E-state index contributed by atoms with van der Waals surface area (Å²) < 4.78 is 19.1. The highest BCUT2D eigenvalue weighted by Gasteiger charge is 2.18. The first-order valence-corrected chi connectivity index (χ1v) is 8.68. The Bertz CT molecular complexity index is 842. The van der Waals surface area contributed by atoms with Crippen molar-refractivity contribution in [2.45, 2.75) is 26.3 Å². The zero-order valence-corrected chi connectivity index (χ0v) is 14.4. The van der Waals surface area contributed by atoms with Gasteiger partial charge in [0.25, 0.3) is 0 Å². The summed E-state index contributed by atoms with van der Waals surface area (Å²) in [6.45, 7) is 4.29. The number of thiophene rings is 1. The molecule has 6 heteroatoms. The van der Waals surface area contributed by atoms with Gasteiger partial charge >= 0.3 is 6.03 Å². The highest BCUT2D eigenvalue weighted by atomic mass is 32.1. The van der Waals surface area contributed by atoms with Crippen LogP contribution >= 0.6 is 11.3 Å². The van der Waals surface area contributed by atoms with Crippen LogP contribution in [-0.2, 0) is 6.42 Å². The average molecular weight is 346 g/mol. The van der Waals surface area contributed by atoms with E-state index in [-0.39, 0.29) is 17.9 Å². The van der Waals surface area contributed by atoms with Crippen molar-refractivity contribution in [2.24, 2.45) is 0 Å². The summed E-state index contributed by atoms with van der Waals surface area (Å²) in [4.78, 5) is 13.3. The minimum atomic E-state index is -0.304. The first kappa shape index (κ1) is 16.5. The van der Waals surface area contributed by atoms with Crippen molar-refractivity contribution < 1.29 is 13.6 Å². The van der Waals surface area contributed by atoms with Crippen molar-refractivity contribution in [3.05, 3.63) is 57.7 Å². The molecule has 0 spiro atoms. The minimum Gasteiger partial charge on any atom is -0.459 e. The summed E-state index contributed by atoms with van der Waals surface area (Å²) in [5.41, 5.74) is 1.46. The van der Waals surface area contributed by atoms with Crippen LogP contribution in [0.4, 0.5) is 9.18 Å². The number of furan rings is 1. The Morgan fingerprint density at radius 3 is 2.96 bits per heavy atom. The van der Waals surface area contributed by atoms with Crippen LogP contribution in [0, 0.1) is 12.7 Å². The molecular formula is C18H19FN2O2S. The van der Waals surface area contributed by atoms with Crippen molar-refractivity contribution in [3.8, 4) is 0 Å². The molecule has 2 N–H and O–H groups in total. The van der Waals surface area contributed by atoms with E-state index in [0.29, 0.717) is 17.9 Å². The first-order chi connectivity index (χ1) is 11.5. The molecule has 126 valence electrons. The van der Waals surface area contributed by atoms with Crippen LogP contribution in [0.3, 0.4) is 0 Å². The molecule has 0 fully saturated rings. The van der Waals surface area contributed by atoms with Crippen LogP contribution in [-0.4, -0.2) is 12.6 Å². The van der Waals surface area contributed by atoms with E-state index in [0.717, 1.165) is 17.4 Å². The maximum absolute atomic E-state index is 13.4. The largest absolute Gasteiger partial charge is 0.459 e. The predicted molar refractivity (Wildman–Crippen MR) is 93.9 cm³/mol. The quantitative estimate of drug-likeness (QED) is 0.712. The molecule has 3 rings (SSSR count). The highest BCUT2D eigenvalue weighted by molar-refractivity contribution is 7.09. The van der Waals surface area contributed by atoms with Crippen molar-refractivity contribution in [2.75, 3.05) is 6.54 Å². The molecule has 2 amide bonds. The molecule has 0 radical (unpaired) electrons. The summed E-state index contributed by atoms with van der Waals surface area (Å²) >= 11 is 1.67. The fourth-order valence-electron chi connectivity index (χ4n) is 2.69. The Kier molecular flexibility index (Phi) is 4.85. The maximum atomic E-state index is 13.4. The normalized spacial score (nSPS) is 12.3. The second-order valence-corrected chi connectivity index (χ2v) is 6.72. The number of carbonyl (C=O) groups excluding carboxylic acids is 1. The number of aryl methyl sites for hydroxylation is 1. The summed E-state index contributed by atoms with van der Waals surface area (Å²) in [5, 5.41) is 8.45. The molecule has 24 heavy (non-hydrogen) atoms. The van der Waals surface area contributed by atoms with E-state index in [4.69, 9.17) is 4.42 Å². The van der Waals surface area contributed by atoms with Crippen molar-refractivity contribution in [1.82, 2.24) is 10.6 Å². The van der Waals surface area contributed by atoms with Gasteiger partial charge in [0.15, 0.2) is 0 Å². The minimum absolute atomic E-state index is 0.245. The molecule has 2 aromatic heterocycles. The van der Waals surface area contributed by atoms with Gasteiger partial charge in [-0.05, 0) is 49.9 Å². The van der Waals surface area contributed by atoms with Crippen molar-refractivity contribution in [1.29, 1.82) is 0 Å². The average Bonchev–Trinajstić information content (AvgIpc) is 3.16. The fourth-order valence-corrected chi connectivity index (χ4v) is 3.40. The molecule has 1 aromatic carbocycles. The molecule has 0 aliphatic rings. The number of amides is 2. The Morgan fingerprint density at radius 2 is 2.21 bits per heavy atom. The molecule has 3 aromatic rings. The van der Waals surface area contributed by atoms with E-state index >= 15 is 0 Å². The van der Waals surface area contributed by atoms with E-state index in [1.165, 1.54) is 17.0 Å². The van der Waals surface area contributed by atoms with Gasteiger partial charge in [0.1, 0.15) is 17.2 Å². The third-order valence-electron chi connectivity index (χ3n) is 3.91. The van der Waals surface area contributed by atoms with E-state index in [1.54, 1.807) is 17.4 Å². The number of fused-ring (bicyclic) bond motifs is 1. The van der Waals surface area contributed by atoms with E-state index in [1.807, 2.05) is 31.4 Å². The maximum Gasteiger partial charge on any atom is 0.315 e. The molecule has 0 aliphatic carbocycles. The van der Waals surface area contributed by atoms with Crippen LogP contribution in [0.25, 0.3) is 11.0 Å². The van der Waals surface area contributed by atoms with Crippen LogP contribution in [0.5, 0.6) is 0 Å². The third-order valence-corrected chi connectivity index (χ3v) is 4.85. The third kappa shape index (κ3) is 3.59. The number of carbonyl (C=O) groups is 1. The topological polar surface area (TPSA) is 54.3 Å². The lowest BCUT2D eigenvalue weighted by atomic mass is 10.1. The van der Waals surface area contributed by atoms with Gasteiger partial charge in [0.05, 0.1) is 6.04 Å². The van der Waals surface area contributed by atoms with Crippen molar-refractivity contribution in [3.63, 3.8) is 0 Å². The molecule has 0 saturated heterocycles. The number of urea groups is 1. The van der Waals surface area contributed by atoms with E-state index in [9.17, 15) is 9.18 Å². The highest BCUT2D eigenvalue weighted by Crippen LogP contribution is 2.29. The molecule has 2 heterocycles. The first-order valence-electron chi connectivity index (χ1n) is 7.80. The molecule has 1 atom stereocenters. The summed E-state index contributed by atoms with van der Waals surface area (Å²) in [5.74, 6) is 0.342. The lowest BCUT2D eigenvalue weighted by Crippen LogP contribution is -2.38. The second-order valence-electron chi connectivity index (χ2n) is 5.68. The smallest absolute Gasteiger partial charge is 0.315 e. The standard InChI is InChI=1S/C18H19FN2O2S/c1-11-15-10-13(19)5-6-16(15)23-17(11)12(2)21-18(22)20-8-7-14-4-3-9-24-14/h3-6,9-10,12H,7-8H2,1-2H3,(H2,20,21,22). The van der Waals surface area contributed by atoms with Gasteiger partial charge in [0, 0.05) is 22.4 Å². The number of hydrogen-bond donors (Lipinski definition) is 2. The lowest BCUT2D eigenvalue weighted by molar-refractivity contribution is 0.236. The molecule has 0 aliphatic heterocycles. The molecule has 0 saturated carbocycles. The summed E-state index contributed by atoms with van der Waals surface area (Å²) in [6.07, 6.45) is 0.808. The van der Waals surface area contributed by atoms with E-state index in [2.05, 4.69) is 10.6 Å². The van der Waals surface area contributed by atoms with Crippen LogP contribution < -0.4 is 10.6 Å². The van der Waals surface area contributed by atoms with Gasteiger partial charge in [-0.25, -0.2) is 9.18 Å². The van der Waals surface area contributed by atoms with Crippen LogP contribution in [0.15, 0.2) is 40.1 Å². The Hall–Kier alpha value is -2.34. The van der Waals surface area contributed by atoms with Crippen LogP contribution in [0.2, 0.25) is 0 Å². The van der Waals surface area contributed by atoms with Crippen molar-refractivity contribution >= 4 is 28.3 Å². The van der Waals surface area contributed by atoms with Gasteiger partial charge in [-0.3, -0.25) is 0 Å².